The van der Waals surface area contributed by atoms with Gasteiger partial charge in [-0.1, -0.05) is 23.2 Å². The van der Waals surface area contributed by atoms with Gasteiger partial charge in [-0.3, -0.25) is 10.1 Å². The maximum Gasteiger partial charge on any atom is 0.291 e. The second kappa shape index (κ2) is 8.79. The summed E-state index contributed by atoms with van der Waals surface area (Å²) in [6.07, 6.45) is 0. The molecular weight excluding hydrogens is 303 g/mol. The number of carbonyl (C=O) groups is 1. The average molecular weight is 319 g/mol. The van der Waals surface area contributed by atoms with Crippen molar-refractivity contribution < 1.29 is 14.3 Å². The van der Waals surface area contributed by atoms with Gasteiger partial charge >= 0.3 is 0 Å². The Morgan fingerprint density at radius 2 is 2.10 bits per heavy atom. The molecule has 1 rings (SSSR count). The molecule has 5 nitrogen and oxygen atoms in total. The third-order valence-corrected chi connectivity index (χ3v) is 2.97. The first-order valence-electron chi connectivity index (χ1n) is 6.01. The van der Waals surface area contributed by atoms with Crippen LogP contribution in [0, 0.1) is 0 Å². The molecule has 0 heterocycles. The molecule has 7 heteroatoms. The molecule has 0 unspecified atom stereocenters. The van der Waals surface area contributed by atoms with Crippen LogP contribution in [0.2, 0.25) is 10.0 Å². The normalized spacial score (nSPS) is 11.3. The number of methoxy groups -OCH3 is 1. The molecular formula is C13H16Cl2N2O3. The zero-order valence-corrected chi connectivity index (χ0v) is 12.8. The number of aliphatic imine (C=N–C) groups is 1. The predicted molar refractivity (Wildman–Crippen MR) is 79.7 cm³/mol. The highest BCUT2D eigenvalue weighted by atomic mass is 35.5. The second-order valence-electron chi connectivity index (χ2n) is 3.70. The number of benzene rings is 1. The van der Waals surface area contributed by atoms with Crippen LogP contribution in [-0.4, -0.2) is 38.8 Å². The number of rotatable bonds is 5. The Morgan fingerprint density at radius 3 is 2.70 bits per heavy atom. The summed E-state index contributed by atoms with van der Waals surface area (Å²) in [6.45, 7) is 3.04. The van der Waals surface area contributed by atoms with Crippen molar-refractivity contribution in [3.63, 3.8) is 0 Å². The first-order valence-corrected chi connectivity index (χ1v) is 6.76. The van der Waals surface area contributed by atoms with E-state index in [-0.39, 0.29) is 11.9 Å². The summed E-state index contributed by atoms with van der Waals surface area (Å²) in [6, 6.07) is 4.77. The third-order valence-electron chi connectivity index (χ3n) is 2.23. The summed E-state index contributed by atoms with van der Waals surface area (Å²) in [4.78, 5) is 16.1. The van der Waals surface area contributed by atoms with Crippen molar-refractivity contribution in [1.29, 1.82) is 0 Å². The number of nitrogens with zero attached hydrogens (tertiary/aromatic N) is 1. The Kier molecular flexibility index (Phi) is 7.36. The van der Waals surface area contributed by atoms with E-state index in [1.54, 1.807) is 26.2 Å². The number of nitrogens with one attached hydrogen (secondary N) is 1. The van der Waals surface area contributed by atoms with Crippen LogP contribution in [-0.2, 0) is 9.47 Å². The highest BCUT2D eigenvalue weighted by molar-refractivity contribution is 6.42. The molecule has 1 N–H and O–H groups in total. The lowest BCUT2D eigenvalue weighted by Crippen LogP contribution is -2.33. The van der Waals surface area contributed by atoms with Gasteiger partial charge in [0.05, 0.1) is 29.8 Å². The van der Waals surface area contributed by atoms with Gasteiger partial charge in [0.1, 0.15) is 0 Å². The van der Waals surface area contributed by atoms with E-state index < -0.39 is 0 Å². The predicted octanol–water partition coefficient (Wildman–Crippen LogP) is 2.76. The van der Waals surface area contributed by atoms with Crippen LogP contribution >= 0.6 is 23.2 Å². The lowest BCUT2D eigenvalue weighted by molar-refractivity contribution is 0.0966. The van der Waals surface area contributed by atoms with E-state index in [0.717, 1.165) is 0 Å². The maximum absolute atomic E-state index is 12.0. The fourth-order valence-corrected chi connectivity index (χ4v) is 1.60. The summed E-state index contributed by atoms with van der Waals surface area (Å²) in [5.41, 5.74) is 0.374. The van der Waals surface area contributed by atoms with Crippen molar-refractivity contribution in [1.82, 2.24) is 5.32 Å². The molecule has 0 aliphatic rings. The molecule has 110 valence electrons. The Hall–Kier alpha value is -1.30. The van der Waals surface area contributed by atoms with E-state index in [1.165, 1.54) is 6.07 Å². The number of carbonyl (C=O) groups excluding carboxylic acids is 1. The third kappa shape index (κ3) is 5.36. The minimum absolute atomic E-state index is 0.153. The number of hydrogen-bond acceptors (Lipinski definition) is 4. The van der Waals surface area contributed by atoms with E-state index >= 15 is 0 Å². The fourth-order valence-electron chi connectivity index (χ4n) is 1.30. The van der Waals surface area contributed by atoms with Gasteiger partial charge in [-0.2, -0.15) is 0 Å². The van der Waals surface area contributed by atoms with Gasteiger partial charge in [0.2, 0.25) is 0 Å². The van der Waals surface area contributed by atoms with Gasteiger partial charge in [0.25, 0.3) is 11.9 Å². The standard InChI is InChI=1S/C13H16Cl2N2O3/c1-3-20-13(16-6-7-19-2)17-12(18)9-4-5-10(14)11(15)8-9/h4-5,8H,3,6-7H2,1-2H3,(H,16,17,18). The first-order chi connectivity index (χ1) is 9.58. The molecule has 1 aromatic carbocycles. The quantitative estimate of drug-likeness (QED) is 0.516. The van der Waals surface area contributed by atoms with Crippen LogP contribution in [0.4, 0.5) is 0 Å². The molecule has 1 aromatic rings. The van der Waals surface area contributed by atoms with Gasteiger partial charge in [-0.25, -0.2) is 4.99 Å². The summed E-state index contributed by atoms with van der Waals surface area (Å²) in [5.74, 6) is -0.367. The molecule has 0 bridgehead atoms. The Labute approximate surface area is 127 Å². The highest BCUT2D eigenvalue weighted by Crippen LogP contribution is 2.22. The largest absolute Gasteiger partial charge is 0.465 e. The SMILES string of the molecule is CCOC(=NCCOC)NC(=O)c1ccc(Cl)c(Cl)c1. The van der Waals surface area contributed by atoms with Gasteiger partial charge < -0.3 is 9.47 Å². The number of amidine groups is 1. The fraction of sp³-hybridized carbons (Fsp3) is 0.385. The highest BCUT2D eigenvalue weighted by Gasteiger charge is 2.11. The van der Waals surface area contributed by atoms with E-state index in [4.69, 9.17) is 32.7 Å². The molecule has 0 atom stereocenters. The van der Waals surface area contributed by atoms with Crippen LogP contribution < -0.4 is 5.32 Å². The summed E-state index contributed by atoms with van der Waals surface area (Å²) in [7, 11) is 1.57. The van der Waals surface area contributed by atoms with Crippen molar-refractivity contribution in [2.24, 2.45) is 4.99 Å². The number of amides is 1. The summed E-state index contributed by atoms with van der Waals surface area (Å²) < 4.78 is 10.1. The van der Waals surface area contributed by atoms with Crippen molar-refractivity contribution in [3.8, 4) is 0 Å². The molecule has 0 spiro atoms. The monoisotopic (exact) mass is 318 g/mol. The van der Waals surface area contributed by atoms with E-state index in [1.807, 2.05) is 0 Å². The molecule has 20 heavy (non-hydrogen) atoms. The van der Waals surface area contributed by atoms with Crippen molar-refractivity contribution >= 4 is 35.1 Å². The lowest BCUT2D eigenvalue weighted by Gasteiger charge is -2.09. The Morgan fingerprint density at radius 1 is 1.35 bits per heavy atom. The smallest absolute Gasteiger partial charge is 0.291 e. The van der Waals surface area contributed by atoms with Gasteiger partial charge in [0, 0.05) is 12.7 Å². The number of halogens is 2. The molecule has 1 amide bonds. The molecule has 0 aromatic heterocycles. The van der Waals surface area contributed by atoms with Crippen LogP contribution in [0.25, 0.3) is 0 Å². The maximum atomic E-state index is 12.0. The first kappa shape index (κ1) is 16.8. The van der Waals surface area contributed by atoms with Crippen LogP contribution in [0.15, 0.2) is 23.2 Å². The molecule has 0 fully saturated rings. The summed E-state index contributed by atoms with van der Waals surface area (Å²) in [5, 5.41) is 3.28. The molecule has 0 radical (unpaired) electrons. The van der Waals surface area contributed by atoms with Crippen molar-refractivity contribution in [2.45, 2.75) is 6.92 Å². The van der Waals surface area contributed by atoms with E-state index in [2.05, 4.69) is 10.3 Å². The van der Waals surface area contributed by atoms with E-state index in [0.29, 0.717) is 35.4 Å². The van der Waals surface area contributed by atoms with Gasteiger partial charge in [0.15, 0.2) is 0 Å². The average Bonchev–Trinajstić information content (AvgIpc) is 2.42. The van der Waals surface area contributed by atoms with Gasteiger partial charge in [-0.05, 0) is 25.1 Å². The van der Waals surface area contributed by atoms with Crippen LogP contribution in [0.1, 0.15) is 17.3 Å². The van der Waals surface area contributed by atoms with Crippen molar-refractivity contribution in [2.75, 3.05) is 26.9 Å². The van der Waals surface area contributed by atoms with Crippen LogP contribution in [0.5, 0.6) is 0 Å². The van der Waals surface area contributed by atoms with Crippen LogP contribution in [0.3, 0.4) is 0 Å². The Balaban J connectivity index is 2.74. The zero-order valence-electron chi connectivity index (χ0n) is 11.3. The molecule has 0 saturated carbocycles. The topological polar surface area (TPSA) is 59.9 Å². The minimum Gasteiger partial charge on any atom is -0.465 e. The summed E-state index contributed by atoms with van der Waals surface area (Å²) >= 11 is 11.7. The second-order valence-corrected chi connectivity index (χ2v) is 4.51. The number of ether oxygens (including phenoxy) is 2. The minimum atomic E-state index is -0.367. The van der Waals surface area contributed by atoms with E-state index in [9.17, 15) is 4.79 Å². The van der Waals surface area contributed by atoms with Gasteiger partial charge in [-0.15, -0.1) is 0 Å². The molecule has 0 aliphatic heterocycles. The molecule has 0 saturated heterocycles. The van der Waals surface area contributed by atoms with Crippen molar-refractivity contribution in [3.05, 3.63) is 33.8 Å². The Bertz CT molecular complexity index is 493. The zero-order chi connectivity index (χ0) is 15.0. The molecule has 0 aliphatic carbocycles. The lowest BCUT2D eigenvalue weighted by atomic mass is 10.2. The number of hydrogen-bond donors (Lipinski definition) is 1.